The first-order valence-corrected chi connectivity index (χ1v) is 19.3. The zero-order valence-electron chi connectivity index (χ0n) is 27.3. The lowest BCUT2D eigenvalue weighted by atomic mass is 9.92. The summed E-state index contributed by atoms with van der Waals surface area (Å²) in [6.45, 7) is 14.7. The van der Waals surface area contributed by atoms with Crippen LogP contribution in [0.3, 0.4) is 0 Å². The maximum atomic E-state index is 11.9. The van der Waals surface area contributed by atoms with Crippen molar-refractivity contribution in [2.75, 3.05) is 51.9 Å². The van der Waals surface area contributed by atoms with Crippen LogP contribution in [-0.2, 0) is 32.8 Å². The van der Waals surface area contributed by atoms with Gasteiger partial charge in [0.15, 0.2) is 0 Å². The molecule has 256 valence electrons. The van der Waals surface area contributed by atoms with Crippen molar-refractivity contribution in [2.45, 2.75) is 104 Å². The summed E-state index contributed by atoms with van der Waals surface area (Å²) in [5.74, 6) is 1.17. The van der Waals surface area contributed by atoms with Gasteiger partial charge in [0.2, 0.25) is 9.05 Å². The fraction of sp³-hybridized carbons (Fsp3) is 0.929. The Morgan fingerprint density at radius 2 is 1.07 bits per heavy atom. The first-order valence-electron chi connectivity index (χ1n) is 14.8. The van der Waals surface area contributed by atoms with Crippen molar-refractivity contribution in [1.82, 2.24) is 9.80 Å². The van der Waals surface area contributed by atoms with Gasteiger partial charge in [0.05, 0.1) is 19.1 Å². The number of piperidine rings is 2. The van der Waals surface area contributed by atoms with Gasteiger partial charge in [-0.1, -0.05) is 0 Å². The van der Waals surface area contributed by atoms with E-state index in [4.69, 9.17) is 18.8 Å². The molecule has 0 aromatic heterocycles. The van der Waals surface area contributed by atoms with Gasteiger partial charge in [-0.3, -0.25) is 4.18 Å². The van der Waals surface area contributed by atoms with Gasteiger partial charge in [-0.2, -0.15) is 8.42 Å². The van der Waals surface area contributed by atoms with Crippen LogP contribution in [0.15, 0.2) is 0 Å². The number of aliphatic hydroxyl groups is 1. The van der Waals surface area contributed by atoms with Crippen molar-refractivity contribution < 1.29 is 45.2 Å². The monoisotopic (exact) mass is 678 g/mol. The van der Waals surface area contributed by atoms with Crippen LogP contribution in [-0.4, -0.2) is 107 Å². The van der Waals surface area contributed by atoms with E-state index < -0.39 is 30.4 Å². The van der Waals surface area contributed by atoms with E-state index in [1.807, 2.05) is 41.5 Å². The lowest BCUT2D eigenvalue weighted by molar-refractivity contribution is 0.0169. The average molecular weight is 679 g/mol. The van der Waals surface area contributed by atoms with Crippen LogP contribution < -0.4 is 0 Å². The summed E-state index contributed by atoms with van der Waals surface area (Å²) >= 11 is 0. The second-order valence-electron chi connectivity index (χ2n) is 13.0. The molecule has 2 saturated heterocycles. The third-order valence-electron chi connectivity index (χ3n) is 6.36. The first-order chi connectivity index (χ1) is 19.5. The molecule has 2 heterocycles. The van der Waals surface area contributed by atoms with E-state index in [0.29, 0.717) is 24.9 Å². The summed E-state index contributed by atoms with van der Waals surface area (Å²) in [6, 6.07) is 0. The van der Waals surface area contributed by atoms with Crippen molar-refractivity contribution in [3.05, 3.63) is 0 Å². The molecule has 0 atom stereocenters. The summed E-state index contributed by atoms with van der Waals surface area (Å²) in [5, 5.41) is 8.78. The molecule has 15 heteroatoms. The van der Waals surface area contributed by atoms with Crippen molar-refractivity contribution in [2.24, 2.45) is 11.8 Å². The molecule has 0 radical (unpaired) electrons. The summed E-state index contributed by atoms with van der Waals surface area (Å²) in [4.78, 5) is 27.2. The topological polar surface area (TPSA) is 157 Å². The molecule has 2 aliphatic heterocycles. The highest BCUT2D eigenvalue weighted by atomic mass is 35.7. The molecule has 2 rings (SSSR count). The van der Waals surface area contributed by atoms with Crippen LogP contribution in [0.2, 0.25) is 0 Å². The Kier molecular flexibility index (Phi) is 18.6. The molecule has 0 aliphatic carbocycles. The smallest absolute Gasteiger partial charge is 0.410 e. The molecule has 12 nitrogen and oxygen atoms in total. The number of halogens is 1. The van der Waals surface area contributed by atoms with Gasteiger partial charge in [0.25, 0.3) is 10.1 Å². The standard InChI is InChI=1S/C14H27NO5S.C13H25NO3.CH3ClO2S/c1-14(2,3)20-13(16)15-9-7-12(8-10-15)6-5-11-19-21(4,17)18;1-13(2,3)17-12(16)14-8-6-11(7-9-14)5-4-10-15;1-5(2,3)4/h12H,5-11H2,1-4H3;11,15H,4-10H2,1-3H3;1H3. The maximum absolute atomic E-state index is 11.9. The molecule has 0 aromatic rings. The summed E-state index contributed by atoms with van der Waals surface area (Å²) < 4.78 is 55.9. The number of likely N-dealkylation sites (tertiary alicyclic amines) is 2. The van der Waals surface area contributed by atoms with Gasteiger partial charge in [0.1, 0.15) is 11.2 Å². The number of aliphatic hydroxyl groups excluding tert-OH is 1. The van der Waals surface area contributed by atoms with Gasteiger partial charge in [-0.15, -0.1) is 0 Å². The maximum Gasteiger partial charge on any atom is 0.410 e. The van der Waals surface area contributed by atoms with E-state index in [-0.39, 0.29) is 25.4 Å². The third-order valence-corrected chi connectivity index (χ3v) is 6.95. The molecule has 43 heavy (non-hydrogen) atoms. The fourth-order valence-electron chi connectivity index (χ4n) is 4.42. The largest absolute Gasteiger partial charge is 0.444 e. The zero-order chi connectivity index (χ0) is 33.5. The number of nitrogens with zero attached hydrogens (tertiary/aromatic N) is 2. The molecule has 1 N–H and O–H groups in total. The van der Waals surface area contributed by atoms with Gasteiger partial charge in [-0.25, -0.2) is 18.0 Å². The third kappa shape index (κ3) is 25.7. The van der Waals surface area contributed by atoms with E-state index in [2.05, 4.69) is 10.7 Å². The quantitative estimate of drug-likeness (QED) is 0.211. The second kappa shape index (κ2) is 19.2. The fourth-order valence-corrected chi connectivity index (χ4v) is 4.84. The Morgan fingerprint density at radius 3 is 1.35 bits per heavy atom. The number of carbonyl (C=O) groups is 2. The van der Waals surface area contributed by atoms with E-state index in [0.717, 1.165) is 77.0 Å². The summed E-state index contributed by atoms with van der Waals surface area (Å²) in [6.07, 6.45) is 9.05. The average Bonchev–Trinajstić information content (AvgIpc) is 2.83. The van der Waals surface area contributed by atoms with Crippen LogP contribution in [0.1, 0.15) is 92.9 Å². The molecule has 0 spiro atoms. The molecule has 0 saturated carbocycles. The predicted molar refractivity (Wildman–Crippen MR) is 168 cm³/mol. The molecule has 0 unspecified atom stereocenters. The molecular formula is C28H55ClN2O10S2. The van der Waals surface area contributed by atoms with Crippen molar-refractivity contribution in [1.29, 1.82) is 0 Å². The van der Waals surface area contributed by atoms with Crippen LogP contribution in [0.25, 0.3) is 0 Å². The minimum atomic E-state index is -3.33. The number of rotatable bonds is 8. The second-order valence-corrected chi connectivity index (χ2v) is 17.7. The minimum absolute atomic E-state index is 0.196. The van der Waals surface area contributed by atoms with Gasteiger partial charge in [-0.05, 0) is 105 Å². The highest BCUT2D eigenvalue weighted by Crippen LogP contribution is 2.24. The lowest BCUT2D eigenvalue weighted by Crippen LogP contribution is -2.41. The molecule has 2 aliphatic rings. The van der Waals surface area contributed by atoms with Crippen LogP contribution in [0.5, 0.6) is 0 Å². The molecule has 0 aromatic carbocycles. The van der Waals surface area contributed by atoms with Crippen LogP contribution in [0.4, 0.5) is 9.59 Å². The van der Waals surface area contributed by atoms with E-state index in [1.165, 1.54) is 0 Å². The summed E-state index contributed by atoms with van der Waals surface area (Å²) in [7, 11) is -2.03. The number of hydrogen-bond acceptors (Lipinski definition) is 10. The Hall–Kier alpha value is -1.35. The van der Waals surface area contributed by atoms with Crippen molar-refractivity contribution >= 4 is 42.0 Å². The number of amides is 2. The molecular weight excluding hydrogens is 624 g/mol. The van der Waals surface area contributed by atoms with Gasteiger partial charge < -0.3 is 24.4 Å². The molecule has 2 fully saturated rings. The van der Waals surface area contributed by atoms with E-state index >= 15 is 0 Å². The van der Waals surface area contributed by atoms with Crippen LogP contribution in [0, 0.1) is 11.8 Å². The van der Waals surface area contributed by atoms with Crippen molar-refractivity contribution in [3.63, 3.8) is 0 Å². The number of carbonyl (C=O) groups excluding carboxylic acids is 2. The SMILES string of the molecule is CC(C)(C)OC(=O)N1CCC(CCCO)CC1.CC(C)(C)OC(=O)N1CCC(CCCOS(C)(=O)=O)CC1.CS(=O)(=O)Cl. The highest BCUT2D eigenvalue weighted by molar-refractivity contribution is 8.13. The minimum Gasteiger partial charge on any atom is -0.444 e. The Balaban J connectivity index is 0.000000720. The Bertz CT molecular complexity index is 1020. The predicted octanol–water partition coefficient (Wildman–Crippen LogP) is 4.98. The number of hydrogen-bond donors (Lipinski definition) is 1. The lowest BCUT2D eigenvalue weighted by Gasteiger charge is -2.33. The Morgan fingerprint density at radius 1 is 0.744 bits per heavy atom. The van der Waals surface area contributed by atoms with E-state index in [9.17, 15) is 26.4 Å². The normalized spacial score (nSPS) is 17.3. The number of ether oxygens (including phenoxy) is 2. The zero-order valence-corrected chi connectivity index (χ0v) is 29.7. The van der Waals surface area contributed by atoms with Crippen molar-refractivity contribution in [3.8, 4) is 0 Å². The highest BCUT2D eigenvalue weighted by Gasteiger charge is 2.27. The Labute approximate surface area is 264 Å². The first kappa shape index (κ1) is 41.7. The van der Waals surface area contributed by atoms with Gasteiger partial charge in [0, 0.05) is 43.5 Å². The summed E-state index contributed by atoms with van der Waals surface area (Å²) in [5.41, 5.74) is -0.873. The van der Waals surface area contributed by atoms with Crippen LogP contribution >= 0.6 is 10.7 Å². The molecule has 0 bridgehead atoms. The van der Waals surface area contributed by atoms with E-state index in [1.54, 1.807) is 9.80 Å². The molecule has 2 amide bonds. The van der Waals surface area contributed by atoms with Gasteiger partial charge >= 0.3 is 12.2 Å².